The number of para-hydroxylation sites is 1. The van der Waals surface area contributed by atoms with Gasteiger partial charge in [0.15, 0.2) is 5.96 Å². The molecule has 26 N–H and O–H groups in total. The van der Waals surface area contributed by atoms with Crippen molar-refractivity contribution in [2.75, 3.05) is 51.4 Å². The third-order valence-corrected chi connectivity index (χ3v) is 19.9. The largest absolute Gasteiger partial charge is 0.508 e. The molecule has 14 amide bonds. The highest BCUT2D eigenvalue weighted by Crippen LogP contribution is 2.23. The van der Waals surface area contributed by atoms with Crippen LogP contribution in [-0.2, 0) is 97.6 Å². The lowest BCUT2D eigenvalue weighted by Gasteiger charge is -2.30. The van der Waals surface area contributed by atoms with Gasteiger partial charge in [-0.05, 0) is 117 Å². The number of nitrogens with two attached hydrogens (primary N) is 3. The Labute approximate surface area is 684 Å². The number of nitrogens with one attached hydrogen (secondary N) is 16. The predicted molar refractivity (Wildman–Crippen MR) is 431 cm³/mol. The van der Waals surface area contributed by atoms with Gasteiger partial charge in [-0.25, -0.2) is 4.98 Å². The molecule has 5 aromatic rings. The van der Waals surface area contributed by atoms with E-state index in [0.29, 0.717) is 46.9 Å². The number of imidazole rings is 1. The number of aliphatic hydroxyl groups is 2. The number of hydrogen-bond donors (Lipinski definition) is 23. The molecule has 0 saturated carbocycles. The van der Waals surface area contributed by atoms with Gasteiger partial charge >= 0.3 is 5.97 Å². The molecule has 0 radical (unpaired) electrons. The first kappa shape index (κ1) is 94.6. The maximum Gasteiger partial charge on any atom is 0.303 e. The lowest BCUT2D eigenvalue weighted by molar-refractivity contribution is -0.142. The molecule has 642 valence electrons. The molecule has 118 heavy (non-hydrogen) atoms. The van der Waals surface area contributed by atoms with Gasteiger partial charge in [-0.3, -0.25) is 77.3 Å². The molecule has 41 heteroatoms. The highest BCUT2D eigenvalue weighted by Gasteiger charge is 2.41. The molecule has 0 aliphatic carbocycles. The summed E-state index contributed by atoms with van der Waals surface area (Å²) < 4.78 is 0. The average Bonchev–Trinajstić information content (AvgIpc) is 1.64. The number of benzene rings is 3. The number of amides is 14. The Morgan fingerprint density at radius 3 is 1.64 bits per heavy atom. The van der Waals surface area contributed by atoms with Gasteiger partial charge in [0.25, 0.3) is 0 Å². The molecule has 2 aromatic heterocycles. The van der Waals surface area contributed by atoms with E-state index < -0.39 is 206 Å². The van der Waals surface area contributed by atoms with Crippen LogP contribution in [0.2, 0.25) is 0 Å². The van der Waals surface area contributed by atoms with E-state index in [1.165, 1.54) is 53.5 Å². The lowest BCUT2D eigenvalue weighted by atomic mass is 10.0. The number of carboxylic acids is 1. The topological polar surface area (TPSA) is 643 Å². The maximum atomic E-state index is 15.2. The number of unbranched alkanes of at least 4 members (excludes halogenated alkanes) is 1. The maximum absolute atomic E-state index is 15.2. The minimum atomic E-state index is -1.84. The summed E-state index contributed by atoms with van der Waals surface area (Å²) in [5, 5.41) is 81.9. The molecule has 3 aromatic carbocycles. The van der Waals surface area contributed by atoms with Crippen molar-refractivity contribution in [2.24, 2.45) is 23.1 Å². The minimum Gasteiger partial charge on any atom is -0.508 e. The summed E-state index contributed by atoms with van der Waals surface area (Å²) in [5.74, 6) is -14.9. The first-order valence-corrected chi connectivity index (χ1v) is 39.9. The zero-order valence-corrected chi connectivity index (χ0v) is 66.9. The number of phenolic OH excluding ortho intramolecular Hbond substituents is 1. The second-order valence-corrected chi connectivity index (χ2v) is 29.6. The number of fused-ring (bicyclic) bond motifs is 1. The Bertz CT molecular complexity index is 4250. The van der Waals surface area contributed by atoms with Crippen LogP contribution in [-0.4, -0.2) is 259 Å². The highest BCUT2D eigenvalue weighted by atomic mass is 32.2. The number of carbonyl (C=O) groups is 15. The number of thioether (sulfide) groups is 1. The van der Waals surface area contributed by atoms with Crippen molar-refractivity contribution in [3.63, 3.8) is 0 Å². The van der Waals surface area contributed by atoms with Crippen LogP contribution in [0.25, 0.3) is 10.9 Å². The van der Waals surface area contributed by atoms with Crippen LogP contribution < -0.4 is 86.3 Å². The number of aromatic nitrogens is 3. The number of phenols is 1. The summed E-state index contributed by atoms with van der Waals surface area (Å²) in [6.07, 6.45) is 4.64. The predicted octanol–water partition coefficient (Wildman–Crippen LogP) is -4.54. The fraction of sp³-hybridized carbons (Fsp3) is 0.494. The van der Waals surface area contributed by atoms with Crippen molar-refractivity contribution < 1.29 is 92.3 Å². The summed E-state index contributed by atoms with van der Waals surface area (Å²) >= 11 is 1.23. The van der Waals surface area contributed by atoms with Crippen molar-refractivity contribution >= 4 is 117 Å². The van der Waals surface area contributed by atoms with Gasteiger partial charge in [0.1, 0.15) is 78.3 Å². The van der Waals surface area contributed by atoms with Crippen LogP contribution in [0.1, 0.15) is 107 Å². The number of aliphatic carboxylic acids is 1. The molecule has 1 saturated heterocycles. The highest BCUT2D eigenvalue weighted by molar-refractivity contribution is 7.98. The number of aromatic amines is 2. The summed E-state index contributed by atoms with van der Waals surface area (Å²) in [5.41, 5.74) is 19.3. The number of rotatable bonds is 50. The van der Waals surface area contributed by atoms with E-state index in [9.17, 15) is 78.0 Å². The summed E-state index contributed by atoms with van der Waals surface area (Å²) in [4.78, 5) is 220. The molecular weight excluding hydrogens is 1560 g/mol. The molecule has 1 aliphatic rings. The van der Waals surface area contributed by atoms with Crippen molar-refractivity contribution in [1.82, 2.24) is 89.0 Å². The number of H-pyrrole nitrogens is 2. The lowest BCUT2D eigenvalue weighted by Crippen LogP contribution is -2.61. The van der Waals surface area contributed by atoms with Crippen molar-refractivity contribution in [2.45, 2.75) is 183 Å². The van der Waals surface area contributed by atoms with Gasteiger partial charge < -0.3 is 122 Å². The number of aliphatic hydroxyl groups excluding tert-OH is 2. The average molecular weight is 1660 g/mol. The first-order valence-electron chi connectivity index (χ1n) is 38.5. The fourth-order valence-electron chi connectivity index (χ4n) is 12.9. The van der Waals surface area contributed by atoms with Gasteiger partial charge in [-0.2, -0.15) is 11.8 Å². The molecule has 0 unspecified atom stereocenters. The van der Waals surface area contributed by atoms with Gasteiger partial charge in [0.2, 0.25) is 82.7 Å². The molecule has 0 bridgehead atoms. The number of guanidine groups is 1. The number of hydrogen-bond acceptors (Lipinski definition) is 22. The van der Waals surface area contributed by atoms with Crippen molar-refractivity contribution in [1.29, 1.82) is 5.41 Å². The van der Waals surface area contributed by atoms with Crippen molar-refractivity contribution in [3.05, 3.63) is 120 Å². The van der Waals surface area contributed by atoms with Crippen LogP contribution in [0.5, 0.6) is 5.75 Å². The SMILES string of the molecule is CSCC[C@@H](NC(=O)[C@@H](CO)NC(=O)[C@H](Cc1ccc(O)cc1)NC(=O)[C@@H](CO)NC(C)=O)C(=O)N[C@@H](CCC(=O)O)C(=O)N[C@@H](Cc1cnc[nH]1)C(=O)N[C@@H](Cc1ccccc1)C(=O)N[C@H](CCCNC(=N)N)C(=O)N[C@H](Cc1c[nH]c2ccccc12)C(=O)NCC(=O)N[C@@H](CCCCN)C(=O)N1CCC[C@@H]1C(=O)N[C@H](C(N)=O)C(C)C. The van der Waals surface area contributed by atoms with Crippen LogP contribution in [0.4, 0.5) is 0 Å². The third-order valence-electron chi connectivity index (χ3n) is 19.2. The Balaban J connectivity index is 1.25. The Kier molecular flexibility index (Phi) is 38.8. The molecule has 6 rings (SSSR count). The quantitative estimate of drug-likeness (QED) is 0.00991. The van der Waals surface area contributed by atoms with E-state index in [4.69, 9.17) is 22.6 Å². The zero-order valence-electron chi connectivity index (χ0n) is 66.0. The smallest absolute Gasteiger partial charge is 0.303 e. The van der Waals surface area contributed by atoms with E-state index in [-0.39, 0.29) is 94.1 Å². The molecule has 1 fully saturated rings. The van der Waals surface area contributed by atoms with Gasteiger partial charge in [-0.1, -0.05) is 74.5 Å². The summed E-state index contributed by atoms with van der Waals surface area (Å²) in [6, 6.07) is 2.94. The molecule has 12 atom stereocenters. The molecule has 1 aliphatic heterocycles. The molecule has 3 heterocycles. The normalized spacial score (nSPS) is 15.2. The summed E-state index contributed by atoms with van der Waals surface area (Å²) in [6.45, 7) is 2.20. The van der Waals surface area contributed by atoms with E-state index in [2.05, 4.69) is 84.1 Å². The van der Waals surface area contributed by atoms with Crippen LogP contribution >= 0.6 is 11.8 Å². The Morgan fingerprint density at radius 2 is 1.09 bits per heavy atom. The molecule has 40 nitrogen and oxygen atoms in total. The van der Waals surface area contributed by atoms with E-state index >= 15 is 14.4 Å². The number of carbonyl (C=O) groups excluding carboxylic acids is 14. The number of nitrogens with zero attached hydrogens (tertiary/aromatic N) is 2. The second kappa shape index (κ2) is 48.3. The van der Waals surface area contributed by atoms with Crippen LogP contribution in [0, 0.1) is 11.3 Å². The minimum absolute atomic E-state index is 0.00491. The van der Waals surface area contributed by atoms with Gasteiger partial charge in [0.05, 0.1) is 26.1 Å². The fourth-order valence-corrected chi connectivity index (χ4v) is 13.4. The Hall–Kier alpha value is -12.2. The van der Waals surface area contributed by atoms with Crippen LogP contribution in [0.15, 0.2) is 97.6 Å². The standard InChI is InChI=1S/C77H109N21O19S/c1-42(2)64(65(79)106)97-75(116)61-20-13-30-98(61)76(117)54(18-10-11-28-78)88-62(103)38-85-66(107)57(34-46-36-84-50-17-9-8-16-49(46)50)94-67(108)51(19-12-29-83-77(80)81)89-70(111)55(32-44-14-6-5-7-15-44)92-72(113)58(35-47-37-82-41-86-47)95-68(109)52(25-26-63(104)105)90-69(110)53(27-31-118-4)91-74(115)60(40-100)96-71(112)56(33-45-21-23-48(102)24-22-45)93-73(114)59(39-99)87-43(3)101/h5-9,14-17,21-24,36-37,41-42,51-61,64,84,99-100,102H,10-13,18-20,25-35,38-40,78H2,1-4H3,(H2,79,106)(H,82,86)(H,85,107)(H,87,101)(H,88,103)(H,89,111)(H,90,110)(H,91,115)(H,92,113)(H,93,114)(H,94,108)(H,95,109)(H,96,112)(H,97,116)(H,104,105)(H4,80,81,83)/t51-,52+,53-,54+,55+,56+,57-,58+,59-,60-,61-,64+/m1/s1. The van der Waals surface area contributed by atoms with Gasteiger partial charge in [-0.15, -0.1) is 0 Å². The van der Waals surface area contributed by atoms with E-state index in [1.54, 1.807) is 80.9 Å². The number of aromatic hydroxyl groups is 1. The second-order valence-electron chi connectivity index (χ2n) is 28.7. The van der Waals surface area contributed by atoms with E-state index in [0.717, 1.165) is 6.92 Å². The van der Waals surface area contributed by atoms with Gasteiger partial charge in [0, 0.05) is 81.1 Å². The zero-order chi connectivity index (χ0) is 86.5. The number of primary amides is 1. The molecular formula is C77H109N21O19S. The summed E-state index contributed by atoms with van der Waals surface area (Å²) in [7, 11) is 0. The number of likely N-dealkylation sites (tertiary alicyclic amines) is 1. The Morgan fingerprint density at radius 1 is 0.576 bits per heavy atom. The number of carboxylic acid groups (broad SMARTS) is 1. The van der Waals surface area contributed by atoms with Crippen molar-refractivity contribution in [3.8, 4) is 5.75 Å². The van der Waals surface area contributed by atoms with E-state index in [1.807, 2.05) is 0 Å². The third kappa shape index (κ3) is 30.8. The van der Waals surface area contributed by atoms with Crippen LogP contribution in [0.3, 0.4) is 0 Å². The monoisotopic (exact) mass is 1660 g/mol. The molecule has 0 spiro atoms. The first-order chi connectivity index (χ1) is 56.3.